The monoisotopic (exact) mass is 286 g/mol. The lowest BCUT2D eigenvalue weighted by Crippen LogP contribution is -2.48. The third kappa shape index (κ3) is 6.23. The highest BCUT2D eigenvalue weighted by Crippen LogP contribution is 2.22. The highest BCUT2D eigenvalue weighted by Gasteiger charge is 2.30. The van der Waals surface area contributed by atoms with Gasteiger partial charge >= 0.3 is 0 Å². The quantitative estimate of drug-likeness (QED) is 0.594. The molecular weight excluding hydrogens is 252 g/mol. The van der Waals surface area contributed by atoms with Gasteiger partial charge in [0.25, 0.3) is 0 Å². The third-order valence-corrected chi connectivity index (χ3v) is 4.25. The Bertz CT molecular complexity index is 255. The largest absolute Gasteiger partial charge is 0.379 e. The zero-order valence-electron chi connectivity index (χ0n) is 14.0. The zero-order chi connectivity index (χ0) is 15.5. The van der Waals surface area contributed by atoms with Crippen molar-refractivity contribution in [3.05, 3.63) is 0 Å². The number of carbonyl (C=O) groups excluding carboxylic acids is 1. The van der Waals surface area contributed by atoms with Gasteiger partial charge in [0.2, 0.25) is 5.91 Å². The number of hydrogen-bond donors (Lipinski definition) is 1. The lowest BCUT2D eigenvalue weighted by atomic mass is 9.91. The molecule has 0 spiro atoms. The van der Waals surface area contributed by atoms with Crippen molar-refractivity contribution in [1.82, 2.24) is 4.90 Å². The molecule has 4 nitrogen and oxygen atoms in total. The Morgan fingerprint density at radius 1 is 1.20 bits per heavy atom. The standard InChI is InChI=1S/C16H34N2O2/c1-6-13(3)16(14(7-2)20-5)18(4)15(19)11-9-8-10-12-17/h13-14,16H,6-12,17H2,1-5H3. The maximum absolute atomic E-state index is 12.3. The van der Waals surface area contributed by atoms with Crippen LogP contribution in [-0.4, -0.2) is 43.7 Å². The van der Waals surface area contributed by atoms with E-state index in [1.807, 2.05) is 11.9 Å². The van der Waals surface area contributed by atoms with Crippen molar-refractivity contribution in [2.75, 3.05) is 20.7 Å². The molecular formula is C16H34N2O2. The Morgan fingerprint density at radius 2 is 1.85 bits per heavy atom. The fourth-order valence-corrected chi connectivity index (χ4v) is 2.73. The molecule has 0 aliphatic rings. The van der Waals surface area contributed by atoms with E-state index >= 15 is 0 Å². The van der Waals surface area contributed by atoms with Crippen molar-refractivity contribution in [2.45, 2.75) is 71.4 Å². The van der Waals surface area contributed by atoms with Gasteiger partial charge in [-0.05, 0) is 31.7 Å². The van der Waals surface area contributed by atoms with Crippen LogP contribution in [0.2, 0.25) is 0 Å². The molecule has 0 aliphatic heterocycles. The molecule has 0 heterocycles. The van der Waals surface area contributed by atoms with Gasteiger partial charge in [-0.15, -0.1) is 0 Å². The minimum absolute atomic E-state index is 0.114. The molecule has 0 bridgehead atoms. The number of methoxy groups -OCH3 is 1. The number of nitrogens with zero attached hydrogens (tertiary/aromatic N) is 1. The number of ether oxygens (including phenoxy) is 1. The zero-order valence-corrected chi connectivity index (χ0v) is 14.0. The number of rotatable bonds is 11. The predicted octanol–water partition coefficient (Wildman–Crippen LogP) is 2.80. The topological polar surface area (TPSA) is 55.6 Å². The van der Waals surface area contributed by atoms with Crippen LogP contribution in [0.25, 0.3) is 0 Å². The van der Waals surface area contributed by atoms with E-state index in [0.717, 1.165) is 32.1 Å². The predicted molar refractivity (Wildman–Crippen MR) is 84.6 cm³/mol. The second-order valence-corrected chi connectivity index (χ2v) is 5.66. The van der Waals surface area contributed by atoms with Crippen LogP contribution >= 0.6 is 0 Å². The first-order valence-corrected chi connectivity index (χ1v) is 8.01. The van der Waals surface area contributed by atoms with Crippen molar-refractivity contribution in [3.8, 4) is 0 Å². The summed E-state index contributed by atoms with van der Waals surface area (Å²) in [6.45, 7) is 7.19. The molecule has 0 aromatic heterocycles. The van der Waals surface area contributed by atoms with E-state index in [-0.39, 0.29) is 18.1 Å². The number of likely N-dealkylation sites (N-methyl/N-ethyl adjacent to an activating group) is 1. The van der Waals surface area contributed by atoms with Gasteiger partial charge in [-0.1, -0.05) is 33.6 Å². The molecule has 0 aliphatic carbocycles. The molecule has 0 radical (unpaired) electrons. The normalized spacial score (nSPS) is 15.7. The Labute approximate surface area is 125 Å². The maximum atomic E-state index is 12.3. The summed E-state index contributed by atoms with van der Waals surface area (Å²) in [6.07, 6.45) is 5.67. The summed E-state index contributed by atoms with van der Waals surface area (Å²) < 4.78 is 5.59. The van der Waals surface area contributed by atoms with E-state index in [1.165, 1.54) is 0 Å². The number of hydrogen-bond acceptors (Lipinski definition) is 3. The van der Waals surface area contributed by atoms with Gasteiger partial charge in [0.15, 0.2) is 0 Å². The Balaban J connectivity index is 4.59. The molecule has 0 saturated heterocycles. The second-order valence-electron chi connectivity index (χ2n) is 5.66. The molecule has 3 atom stereocenters. The van der Waals surface area contributed by atoms with Crippen molar-refractivity contribution < 1.29 is 9.53 Å². The first-order valence-electron chi connectivity index (χ1n) is 8.01. The molecule has 0 aromatic rings. The van der Waals surface area contributed by atoms with Crippen molar-refractivity contribution in [1.29, 1.82) is 0 Å². The van der Waals surface area contributed by atoms with Crippen molar-refractivity contribution in [2.24, 2.45) is 11.7 Å². The van der Waals surface area contributed by atoms with E-state index in [4.69, 9.17) is 10.5 Å². The molecule has 120 valence electrons. The molecule has 1 amide bonds. The highest BCUT2D eigenvalue weighted by molar-refractivity contribution is 5.76. The summed E-state index contributed by atoms with van der Waals surface area (Å²) in [4.78, 5) is 14.3. The Kier molecular flexibility index (Phi) is 10.8. The average molecular weight is 286 g/mol. The van der Waals surface area contributed by atoms with Crippen molar-refractivity contribution >= 4 is 5.91 Å². The van der Waals surface area contributed by atoms with Crippen LogP contribution in [0.4, 0.5) is 0 Å². The van der Waals surface area contributed by atoms with Crippen LogP contribution in [0.1, 0.15) is 59.3 Å². The van der Waals surface area contributed by atoms with E-state index in [2.05, 4.69) is 20.8 Å². The van der Waals surface area contributed by atoms with E-state index in [1.54, 1.807) is 7.11 Å². The molecule has 0 aromatic carbocycles. The molecule has 3 unspecified atom stereocenters. The molecule has 20 heavy (non-hydrogen) atoms. The number of amides is 1. The second kappa shape index (κ2) is 11.1. The molecule has 4 heteroatoms. The van der Waals surface area contributed by atoms with Gasteiger partial charge in [0, 0.05) is 20.6 Å². The molecule has 0 rings (SSSR count). The van der Waals surface area contributed by atoms with Crippen LogP contribution in [0, 0.1) is 5.92 Å². The summed E-state index contributed by atoms with van der Waals surface area (Å²) >= 11 is 0. The number of nitrogens with two attached hydrogens (primary N) is 1. The number of unbranched alkanes of at least 4 members (excludes halogenated alkanes) is 2. The van der Waals surface area contributed by atoms with Gasteiger partial charge in [0.05, 0.1) is 12.1 Å². The minimum Gasteiger partial charge on any atom is -0.379 e. The Morgan fingerprint density at radius 3 is 2.30 bits per heavy atom. The molecule has 2 N–H and O–H groups in total. The Hall–Kier alpha value is -0.610. The highest BCUT2D eigenvalue weighted by atomic mass is 16.5. The van der Waals surface area contributed by atoms with E-state index in [0.29, 0.717) is 18.9 Å². The first-order chi connectivity index (χ1) is 9.53. The van der Waals surface area contributed by atoms with E-state index < -0.39 is 0 Å². The lowest BCUT2D eigenvalue weighted by Gasteiger charge is -2.37. The summed E-state index contributed by atoms with van der Waals surface area (Å²) in [7, 11) is 3.66. The van der Waals surface area contributed by atoms with Crippen LogP contribution in [0.3, 0.4) is 0 Å². The van der Waals surface area contributed by atoms with Gasteiger partial charge in [-0.25, -0.2) is 0 Å². The van der Waals surface area contributed by atoms with Crippen molar-refractivity contribution in [3.63, 3.8) is 0 Å². The van der Waals surface area contributed by atoms with E-state index in [9.17, 15) is 4.79 Å². The first kappa shape index (κ1) is 19.4. The lowest BCUT2D eigenvalue weighted by molar-refractivity contribution is -0.137. The molecule has 0 saturated carbocycles. The van der Waals surface area contributed by atoms with Crippen LogP contribution in [0.15, 0.2) is 0 Å². The minimum atomic E-state index is 0.114. The smallest absolute Gasteiger partial charge is 0.222 e. The summed E-state index contributed by atoms with van der Waals surface area (Å²) in [6, 6.07) is 0.164. The fourth-order valence-electron chi connectivity index (χ4n) is 2.73. The van der Waals surface area contributed by atoms with Gasteiger partial charge < -0.3 is 15.4 Å². The van der Waals surface area contributed by atoms with Crippen LogP contribution in [0.5, 0.6) is 0 Å². The van der Waals surface area contributed by atoms with Crippen LogP contribution < -0.4 is 5.73 Å². The SMILES string of the molecule is CCC(C)C(C(CC)OC)N(C)C(=O)CCCCCN. The fraction of sp³-hybridized carbons (Fsp3) is 0.938. The summed E-state index contributed by atoms with van der Waals surface area (Å²) in [5.74, 6) is 0.667. The van der Waals surface area contributed by atoms with Gasteiger partial charge in [-0.3, -0.25) is 4.79 Å². The summed E-state index contributed by atoms with van der Waals surface area (Å²) in [5, 5.41) is 0. The number of carbonyl (C=O) groups is 1. The van der Waals surface area contributed by atoms with Crippen LogP contribution in [-0.2, 0) is 9.53 Å². The average Bonchev–Trinajstić information content (AvgIpc) is 2.47. The molecule has 0 fully saturated rings. The van der Waals surface area contributed by atoms with Gasteiger partial charge in [-0.2, -0.15) is 0 Å². The summed E-state index contributed by atoms with van der Waals surface area (Å²) in [5.41, 5.74) is 5.48. The third-order valence-electron chi connectivity index (χ3n) is 4.25. The van der Waals surface area contributed by atoms with Gasteiger partial charge in [0.1, 0.15) is 0 Å². The maximum Gasteiger partial charge on any atom is 0.222 e.